The first-order chi connectivity index (χ1) is 16.5. The topological polar surface area (TPSA) is 93.8 Å². The van der Waals surface area contributed by atoms with Crippen molar-refractivity contribution in [3.63, 3.8) is 0 Å². The van der Waals surface area contributed by atoms with Crippen LogP contribution in [-0.2, 0) is 29.9 Å². The van der Waals surface area contributed by atoms with Gasteiger partial charge < -0.3 is 10.1 Å². The fourth-order valence-corrected chi connectivity index (χ4v) is 4.43. The molecule has 0 aromatic heterocycles. The van der Waals surface area contributed by atoms with E-state index in [0.717, 1.165) is 39.3 Å². The van der Waals surface area contributed by atoms with E-state index in [1.165, 1.54) is 6.07 Å². The number of aliphatic imine (C=N–C) groups is 1. The van der Waals surface area contributed by atoms with E-state index in [9.17, 15) is 14.9 Å². The number of carbonyl (C=O) groups is 1. The van der Waals surface area contributed by atoms with Gasteiger partial charge in [0.2, 0.25) is 6.41 Å². The van der Waals surface area contributed by atoms with Crippen molar-refractivity contribution in [3.05, 3.63) is 87.0 Å². The van der Waals surface area contributed by atoms with Gasteiger partial charge in [0.1, 0.15) is 5.75 Å². The Bertz CT molecular complexity index is 1260. The summed E-state index contributed by atoms with van der Waals surface area (Å²) in [5, 5.41) is 14.1. The largest absolute Gasteiger partial charge is 0.496 e. The van der Waals surface area contributed by atoms with Crippen LogP contribution in [0.5, 0.6) is 5.75 Å². The molecule has 3 aromatic carbocycles. The zero-order valence-electron chi connectivity index (χ0n) is 18.7. The van der Waals surface area contributed by atoms with E-state index in [2.05, 4.69) is 11.4 Å². The van der Waals surface area contributed by atoms with Crippen LogP contribution >= 0.6 is 11.6 Å². The van der Waals surface area contributed by atoms with Gasteiger partial charge >= 0.3 is 0 Å². The van der Waals surface area contributed by atoms with Crippen molar-refractivity contribution in [2.24, 2.45) is 4.99 Å². The minimum Gasteiger partial charge on any atom is -0.496 e. The maximum absolute atomic E-state index is 11.3. The molecule has 1 aliphatic rings. The molecule has 1 atom stereocenters. The summed E-state index contributed by atoms with van der Waals surface area (Å²) < 4.78 is 5.71. The molecule has 7 nitrogen and oxygen atoms in total. The Morgan fingerprint density at radius 3 is 2.68 bits per heavy atom. The minimum absolute atomic E-state index is 0.0354. The molecular weight excluding hydrogens is 454 g/mol. The van der Waals surface area contributed by atoms with Crippen molar-refractivity contribution in [1.82, 2.24) is 5.32 Å². The number of nitro benzene ring substituents is 1. The minimum atomic E-state index is -0.401. The van der Waals surface area contributed by atoms with Crippen LogP contribution in [0, 0.1) is 10.1 Å². The van der Waals surface area contributed by atoms with Crippen LogP contribution in [-0.4, -0.2) is 30.7 Å². The van der Waals surface area contributed by atoms with Crippen molar-refractivity contribution < 1.29 is 14.5 Å². The van der Waals surface area contributed by atoms with Crippen molar-refractivity contribution in [3.8, 4) is 16.9 Å². The average molecular weight is 478 g/mol. The molecular formula is C26H24ClN3O4. The highest BCUT2D eigenvalue weighted by atomic mass is 35.5. The third-order valence-corrected chi connectivity index (χ3v) is 6.22. The van der Waals surface area contributed by atoms with Crippen molar-refractivity contribution in [2.75, 3.05) is 7.11 Å². The number of benzene rings is 3. The van der Waals surface area contributed by atoms with Gasteiger partial charge in [-0.05, 0) is 59.2 Å². The zero-order valence-corrected chi connectivity index (χ0v) is 19.4. The highest BCUT2D eigenvalue weighted by molar-refractivity contribution is 6.17. The Morgan fingerprint density at radius 2 is 1.94 bits per heavy atom. The van der Waals surface area contributed by atoms with E-state index < -0.39 is 4.92 Å². The lowest BCUT2D eigenvalue weighted by atomic mass is 9.91. The number of rotatable bonds is 8. The molecule has 3 aromatic rings. The highest BCUT2D eigenvalue weighted by Gasteiger charge is 2.19. The van der Waals surface area contributed by atoms with E-state index in [-0.39, 0.29) is 17.6 Å². The number of halogens is 1. The number of nitro groups is 1. The van der Waals surface area contributed by atoms with E-state index in [1.54, 1.807) is 19.4 Å². The lowest BCUT2D eigenvalue weighted by Gasteiger charge is -2.21. The van der Waals surface area contributed by atoms with Gasteiger partial charge in [-0.2, -0.15) is 0 Å². The van der Waals surface area contributed by atoms with E-state index in [0.29, 0.717) is 31.2 Å². The number of amides is 1. The quantitative estimate of drug-likeness (QED) is 0.210. The number of ether oxygens (including phenoxy) is 1. The summed E-state index contributed by atoms with van der Waals surface area (Å²) in [7, 11) is 1.63. The van der Waals surface area contributed by atoms with E-state index in [1.807, 2.05) is 36.4 Å². The second-order valence-corrected chi connectivity index (χ2v) is 8.38. The Balaban J connectivity index is 1.72. The molecule has 0 spiro atoms. The van der Waals surface area contributed by atoms with Gasteiger partial charge in [-0.3, -0.25) is 19.9 Å². The van der Waals surface area contributed by atoms with Crippen molar-refractivity contribution in [2.45, 2.75) is 31.2 Å². The van der Waals surface area contributed by atoms with Crippen LogP contribution in [0.3, 0.4) is 0 Å². The highest BCUT2D eigenvalue weighted by Crippen LogP contribution is 2.39. The van der Waals surface area contributed by atoms with E-state index >= 15 is 0 Å². The molecule has 1 heterocycles. The summed E-state index contributed by atoms with van der Waals surface area (Å²) in [6.07, 6.45) is 4.27. The molecule has 0 radical (unpaired) electrons. The van der Waals surface area contributed by atoms with Gasteiger partial charge in [0, 0.05) is 29.8 Å². The monoisotopic (exact) mass is 477 g/mol. The smallest absolute Gasteiger partial charge is 0.270 e. The van der Waals surface area contributed by atoms with Gasteiger partial charge in [-0.15, -0.1) is 11.6 Å². The first-order valence-corrected chi connectivity index (χ1v) is 11.4. The summed E-state index contributed by atoms with van der Waals surface area (Å²) in [5.41, 5.74) is 6.41. The van der Waals surface area contributed by atoms with Crippen LogP contribution in [0.2, 0.25) is 0 Å². The third-order valence-electron chi connectivity index (χ3n) is 5.91. The predicted octanol–water partition coefficient (Wildman–Crippen LogP) is 5.17. The van der Waals surface area contributed by atoms with Gasteiger partial charge in [0.25, 0.3) is 5.69 Å². The van der Waals surface area contributed by atoms with Gasteiger partial charge in [-0.1, -0.05) is 30.3 Å². The summed E-state index contributed by atoms with van der Waals surface area (Å²) >= 11 is 5.94. The average Bonchev–Trinajstić information content (AvgIpc) is 2.85. The van der Waals surface area contributed by atoms with E-state index in [4.69, 9.17) is 21.3 Å². The van der Waals surface area contributed by atoms with Gasteiger partial charge in [0.15, 0.2) is 0 Å². The Morgan fingerprint density at radius 1 is 1.15 bits per heavy atom. The van der Waals surface area contributed by atoms with Gasteiger partial charge in [0.05, 0.1) is 23.8 Å². The molecule has 0 bridgehead atoms. The first kappa shape index (κ1) is 23.4. The van der Waals surface area contributed by atoms with Crippen LogP contribution in [0.1, 0.15) is 22.3 Å². The van der Waals surface area contributed by atoms with Crippen LogP contribution in [0.15, 0.2) is 59.6 Å². The summed E-state index contributed by atoms with van der Waals surface area (Å²) in [4.78, 5) is 26.6. The third kappa shape index (κ3) is 5.10. The maximum atomic E-state index is 11.3. The molecule has 174 valence electrons. The normalized spacial score (nSPS) is 14.4. The second-order valence-electron chi connectivity index (χ2n) is 8.11. The Kier molecular flexibility index (Phi) is 7.23. The summed E-state index contributed by atoms with van der Waals surface area (Å²) in [5.74, 6) is 0.941. The molecule has 1 amide bonds. The molecule has 1 N–H and O–H groups in total. The molecule has 1 aliphatic heterocycles. The number of hydrogen-bond donors (Lipinski definition) is 1. The molecule has 0 saturated heterocycles. The Hall–Kier alpha value is -3.71. The lowest BCUT2D eigenvalue weighted by molar-refractivity contribution is -0.385. The fraction of sp³-hybridized carbons (Fsp3) is 0.231. The number of hydrogen-bond acceptors (Lipinski definition) is 5. The number of methoxy groups -OCH3 is 1. The number of nitrogens with zero attached hydrogens (tertiary/aromatic N) is 2. The molecule has 0 aliphatic carbocycles. The van der Waals surface area contributed by atoms with Crippen LogP contribution in [0.25, 0.3) is 11.1 Å². The summed E-state index contributed by atoms with van der Waals surface area (Å²) in [6.45, 7) is 0. The maximum Gasteiger partial charge on any atom is 0.270 e. The number of non-ortho nitro benzene ring substituents is 1. The molecule has 0 fully saturated rings. The second kappa shape index (κ2) is 10.5. The molecule has 34 heavy (non-hydrogen) atoms. The fourth-order valence-electron chi connectivity index (χ4n) is 4.28. The molecule has 0 saturated carbocycles. The van der Waals surface area contributed by atoms with Crippen LogP contribution in [0.4, 0.5) is 11.4 Å². The first-order valence-electron chi connectivity index (χ1n) is 10.9. The number of carbonyl (C=O) groups excluding carboxylic acids is 1. The Labute approximate surface area is 202 Å². The molecule has 1 unspecified atom stereocenters. The molecule has 8 heteroatoms. The SMILES string of the molecule is COc1cc2c(cc1CCc1cc(CCl)cc([N+](=O)[O-])c1)N=CC(NC=O)Cc1ccccc1-2. The number of aryl methyl sites for hydroxylation is 2. The van der Waals surface area contributed by atoms with Crippen molar-refractivity contribution >= 4 is 35.6 Å². The molecule has 4 rings (SSSR count). The predicted molar refractivity (Wildman–Crippen MR) is 133 cm³/mol. The van der Waals surface area contributed by atoms with Crippen molar-refractivity contribution in [1.29, 1.82) is 0 Å². The zero-order chi connectivity index (χ0) is 24.1. The number of nitrogens with one attached hydrogen (secondary N) is 1. The van der Waals surface area contributed by atoms with Gasteiger partial charge in [-0.25, -0.2) is 0 Å². The number of fused-ring (bicyclic) bond motifs is 3. The number of alkyl halides is 1. The van der Waals surface area contributed by atoms with Crippen LogP contribution < -0.4 is 10.1 Å². The summed E-state index contributed by atoms with van der Waals surface area (Å²) in [6, 6.07) is 16.8. The lowest BCUT2D eigenvalue weighted by Crippen LogP contribution is -2.31. The standard InChI is InChI=1S/C26H24ClN3O4/c1-34-26-13-24-23-5-3-2-4-19(23)11-21(29-16-31)15-28-25(24)12-20(26)7-6-17-8-18(14-27)10-22(9-17)30(32)33/h2-5,8-10,12-13,15-16,21H,6-7,11,14H2,1H3,(H,29,31).